The summed E-state index contributed by atoms with van der Waals surface area (Å²) in [7, 11) is 0. The van der Waals surface area contributed by atoms with Gasteiger partial charge in [-0.25, -0.2) is 9.97 Å². The molecule has 0 unspecified atom stereocenters. The van der Waals surface area contributed by atoms with Crippen LogP contribution in [0.15, 0.2) is 67.0 Å². The smallest absolute Gasteiger partial charge is 0.126 e. The third-order valence-electron chi connectivity index (χ3n) is 5.43. The molecule has 5 aromatic rings. The molecule has 0 radical (unpaired) electrons. The quantitative estimate of drug-likeness (QED) is 0.364. The molecular weight excluding hydrogens is 356 g/mol. The van der Waals surface area contributed by atoms with Crippen molar-refractivity contribution in [1.29, 1.82) is 0 Å². The van der Waals surface area contributed by atoms with E-state index in [1.807, 2.05) is 38.4 Å². The number of hydrogen-bond donors (Lipinski definition) is 0. The number of pyridine rings is 2. The Labute approximate surface area is 169 Å². The molecule has 2 aromatic carbocycles. The van der Waals surface area contributed by atoms with Gasteiger partial charge in [-0.15, -0.1) is 0 Å². The maximum absolute atomic E-state index is 4.67. The van der Waals surface area contributed by atoms with Crippen LogP contribution in [0.3, 0.4) is 0 Å². The molecule has 0 bridgehead atoms. The molecule has 3 heterocycles. The second kappa shape index (κ2) is 6.74. The highest BCUT2D eigenvalue weighted by molar-refractivity contribution is 6.10. The molecule has 5 rings (SSSR count). The molecule has 4 nitrogen and oxygen atoms in total. The predicted octanol–water partition coefficient (Wildman–Crippen LogP) is 5.83. The first-order valence-electron chi connectivity index (χ1n) is 9.67. The fourth-order valence-corrected chi connectivity index (χ4v) is 3.87. The molecule has 0 fully saturated rings. The summed E-state index contributed by atoms with van der Waals surface area (Å²) in [6, 6.07) is 18.9. The second-order valence-corrected chi connectivity index (χ2v) is 7.31. The summed E-state index contributed by atoms with van der Waals surface area (Å²) in [5.41, 5.74) is 8.42. The highest BCUT2D eigenvalue weighted by atomic mass is 14.9. The minimum Gasteiger partial charge on any atom is -0.254 e. The van der Waals surface area contributed by atoms with Crippen LogP contribution in [0.25, 0.3) is 44.2 Å². The van der Waals surface area contributed by atoms with Crippen LogP contribution in [0, 0.1) is 20.8 Å². The first-order chi connectivity index (χ1) is 14.1. The average molecular weight is 376 g/mol. The van der Waals surface area contributed by atoms with Gasteiger partial charge in [0.2, 0.25) is 0 Å². The van der Waals surface area contributed by atoms with Gasteiger partial charge < -0.3 is 0 Å². The monoisotopic (exact) mass is 376 g/mol. The zero-order chi connectivity index (χ0) is 20.0. The van der Waals surface area contributed by atoms with Gasteiger partial charge in [0.05, 0.1) is 16.7 Å². The summed E-state index contributed by atoms with van der Waals surface area (Å²) in [5, 5.41) is 2.20. The Morgan fingerprint density at radius 3 is 2.17 bits per heavy atom. The molecule has 0 aliphatic rings. The Balaban J connectivity index is 1.68. The van der Waals surface area contributed by atoms with Gasteiger partial charge in [-0.3, -0.25) is 9.97 Å². The lowest BCUT2D eigenvalue weighted by Gasteiger charge is -2.12. The summed E-state index contributed by atoms with van der Waals surface area (Å²) < 4.78 is 0. The summed E-state index contributed by atoms with van der Waals surface area (Å²) in [6.07, 6.45) is 3.64. The van der Waals surface area contributed by atoms with Crippen molar-refractivity contribution < 1.29 is 0 Å². The molecule has 0 atom stereocenters. The van der Waals surface area contributed by atoms with E-state index in [2.05, 4.69) is 69.3 Å². The average Bonchev–Trinajstić information content (AvgIpc) is 2.76. The Bertz CT molecular complexity index is 1370. The minimum atomic E-state index is 0.797. The van der Waals surface area contributed by atoms with Gasteiger partial charge in [-0.2, -0.15) is 0 Å². The first-order valence-corrected chi connectivity index (χ1v) is 9.67. The van der Waals surface area contributed by atoms with E-state index < -0.39 is 0 Å². The lowest BCUT2D eigenvalue weighted by Crippen LogP contribution is -1.99. The predicted molar refractivity (Wildman–Crippen MR) is 118 cm³/mol. The number of nitrogens with zero attached hydrogens (tertiary/aromatic N) is 4. The topological polar surface area (TPSA) is 51.6 Å². The standard InChI is InChI=1S/C25H20N4/c1-15-16(2)28-17(3)29-23(15)19-10-8-18(9-11-19)22-14-20-6-4-12-26-24(20)25-21(22)7-5-13-27-25/h4-14H,1-3H3. The van der Waals surface area contributed by atoms with Gasteiger partial charge in [0.15, 0.2) is 0 Å². The molecule has 3 aromatic heterocycles. The van der Waals surface area contributed by atoms with Crippen molar-refractivity contribution in [2.45, 2.75) is 20.8 Å². The molecule has 0 aliphatic carbocycles. The van der Waals surface area contributed by atoms with Crippen molar-refractivity contribution >= 4 is 21.8 Å². The zero-order valence-electron chi connectivity index (χ0n) is 16.6. The Morgan fingerprint density at radius 1 is 0.690 bits per heavy atom. The molecule has 0 amide bonds. The molecule has 0 aliphatic heterocycles. The third kappa shape index (κ3) is 2.93. The molecule has 140 valence electrons. The van der Waals surface area contributed by atoms with Crippen LogP contribution in [-0.2, 0) is 0 Å². The third-order valence-corrected chi connectivity index (χ3v) is 5.43. The van der Waals surface area contributed by atoms with Crippen LogP contribution in [0.1, 0.15) is 17.1 Å². The number of hydrogen-bond acceptors (Lipinski definition) is 4. The van der Waals surface area contributed by atoms with E-state index in [9.17, 15) is 0 Å². The van der Waals surface area contributed by atoms with Gasteiger partial charge in [0.1, 0.15) is 5.82 Å². The van der Waals surface area contributed by atoms with Crippen LogP contribution >= 0.6 is 0 Å². The number of fused-ring (bicyclic) bond motifs is 3. The molecular formula is C25H20N4. The van der Waals surface area contributed by atoms with E-state index >= 15 is 0 Å². The molecule has 0 N–H and O–H groups in total. The van der Waals surface area contributed by atoms with Crippen molar-refractivity contribution in [3.05, 3.63) is 84.1 Å². The fourth-order valence-electron chi connectivity index (χ4n) is 3.87. The van der Waals surface area contributed by atoms with Gasteiger partial charge in [-0.1, -0.05) is 36.4 Å². The lowest BCUT2D eigenvalue weighted by molar-refractivity contribution is 0.992. The minimum absolute atomic E-state index is 0.797. The van der Waals surface area contributed by atoms with E-state index in [-0.39, 0.29) is 0 Å². The van der Waals surface area contributed by atoms with Crippen molar-refractivity contribution in [3.8, 4) is 22.4 Å². The van der Waals surface area contributed by atoms with Crippen molar-refractivity contribution in [2.24, 2.45) is 0 Å². The maximum atomic E-state index is 4.67. The Morgan fingerprint density at radius 2 is 1.38 bits per heavy atom. The van der Waals surface area contributed by atoms with Crippen molar-refractivity contribution in [3.63, 3.8) is 0 Å². The van der Waals surface area contributed by atoms with E-state index in [0.29, 0.717) is 0 Å². The fraction of sp³-hybridized carbons (Fsp3) is 0.120. The Kier molecular flexibility index (Phi) is 4.06. The van der Waals surface area contributed by atoms with E-state index in [0.717, 1.165) is 61.3 Å². The highest BCUT2D eigenvalue weighted by Gasteiger charge is 2.12. The lowest BCUT2D eigenvalue weighted by atomic mass is 9.96. The number of rotatable bonds is 2. The second-order valence-electron chi connectivity index (χ2n) is 7.31. The van der Waals surface area contributed by atoms with Crippen LogP contribution in [0.5, 0.6) is 0 Å². The van der Waals surface area contributed by atoms with Gasteiger partial charge in [0, 0.05) is 34.4 Å². The van der Waals surface area contributed by atoms with Crippen molar-refractivity contribution in [2.75, 3.05) is 0 Å². The molecule has 0 spiro atoms. The summed E-state index contributed by atoms with van der Waals surface area (Å²) in [5.74, 6) is 0.797. The molecule has 0 saturated heterocycles. The molecule has 29 heavy (non-hydrogen) atoms. The number of aryl methyl sites for hydroxylation is 2. The van der Waals surface area contributed by atoms with Crippen LogP contribution in [0.2, 0.25) is 0 Å². The summed E-state index contributed by atoms with van der Waals surface area (Å²) in [6.45, 7) is 6.05. The van der Waals surface area contributed by atoms with Crippen LogP contribution in [0.4, 0.5) is 0 Å². The Hall–Kier alpha value is -3.66. The summed E-state index contributed by atoms with van der Waals surface area (Å²) >= 11 is 0. The zero-order valence-corrected chi connectivity index (χ0v) is 16.6. The van der Waals surface area contributed by atoms with Gasteiger partial charge in [-0.05, 0) is 55.7 Å². The largest absolute Gasteiger partial charge is 0.254 e. The molecule has 0 saturated carbocycles. The first kappa shape index (κ1) is 17.4. The van der Waals surface area contributed by atoms with Crippen LogP contribution < -0.4 is 0 Å². The summed E-state index contributed by atoms with van der Waals surface area (Å²) in [4.78, 5) is 18.3. The molecule has 4 heteroatoms. The van der Waals surface area contributed by atoms with Gasteiger partial charge in [0.25, 0.3) is 0 Å². The van der Waals surface area contributed by atoms with E-state index in [4.69, 9.17) is 0 Å². The normalized spacial score (nSPS) is 11.3. The number of benzene rings is 2. The van der Waals surface area contributed by atoms with Gasteiger partial charge >= 0.3 is 0 Å². The highest BCUT2D eigenvalue weighted by Crippen LogP contribution is 2.34. The van der Waals surface area contributed by atoms with Crippen molar-refractivity contribution in [1.82, 2.24) is 19.9 Å². The SMILES string of the molecule is Cc1nc(C)c(C)c(-c2ccc(-c3cc4cccnc4c4ncccc34)cc2)n1. The maximum Gasteiger partial charge on any atom is 0.126 e. The van der Waals surface area contributed by atoms with Crippen LogP contribution in [-0.4, -0.2) is 19.9 Å². The van der Waals surface area contributed by atoms with E-state index in [1.165, 1.54) is 0 Å². The number of aromatic nitrogens is 4. The van der Waals surface area contributed by atoms with E-state index in [1.54, 1.807) is 0 Å².